The number of nitrogens with one attached hydrogen (secondary N) is 1. The van der Waals surface area contributed by atoms with Crippen molar-refractivity contribution in [1.29, 1.82) is 0 Å². The van der Waals surface area contributed by atoms with Gasteiger partial charge in [-0.25, -0.2) is 8.78 Å². The van der Waals surface area contributed by atoms with Gasteiger partial charge in [0.25, 0.3) is 0 Å². The van der Waals surface area contributed by atoms with Crippen molar-refractivity contribution in [2.75, 3.05) is 13.1 Å². The standard InChI is InChI=1S/C7H13F2N/c8-7(9)4-6-2-1-3-10-5-6/h6-7,10H,1-5H2. The third-order valence-corrected chi connectivity index (χ3v) is 1.91. The summed E-state index contributed by atoms with van der Waals surface area (Å²) >= 11 is 0. The van der Waals surface area contributed by atoms with Gasteiger partial charge in [-0.3, -0.25) is 0 Å². The number of piperidine rings is 1. The second kappa shape index (κ2) is 3.86. The molecule has 0 saturated carbocycles. The minimum absolute atomic E-state index is 0.0764. The topological polar surface area (TPSA) is 12.0 Å². The Balaban J connectivity index is 2.13. The van der Waals surface area contributed by atoms with Crippen molar-refractivity contribution < 1.29 is 8.78 Å². The number of alkyl halides is 2. The molecule has 0 radical (unpaired) electrons. The van der Waals surface area contributed by atoms with E-state index in [2.05, 4.69) is 5.32 Å². The largest absolute Gasteiger partial charge is 0.316 e. The minimum Gasteiger partial charge on any atom is -0.316 e. The van der Waals surface area contributed by atoms with Gasteiger partial charge in [0, 0.05) is 6.42 Å². The van der Waals surface area contributed by atoms with Gasteiger partial charge in [-0.05, 0) is 31.8 Å². The van der Waals surface area contributed by atoms with Crippen LogP contribution in [0.15, 0.2) is 0 Å². The van der Waals surface area contributed by atoms with E-state index >= 15 is 0 Å². The second-order valence-electron chi connectivity index (χ2n) is 2.84. The van der Waals surface area contributed by atoms with Crippen molar-refractivity contribution in [2.45, 2.75) is 25.7 Å². The molecule has 0 amide bonds. The summed E-state index contributed by atoms with van der Waals surface area (Å²) < 4.78 is 23.6. The highest BCUT2D eigenvalue weighted by Crippen LogP contribution is 2.17. The summed E-state index contributed by atoms with van der Waals surface area (Å²) in [7, 11) is 0. The Labute approximate surface area is 59.8 Å². The summed E-state index contributed by atoms with van der Waals surface area (Å²) in [6, 6.07) is 0. The zero-order chi connectivity index (χ0) is 7.40. The first kappa shape index (κ1) is 7.92. The summed E-state index contributed by atoms with van der Waals surface area (Å²) in [5.74, 6) is 0.216. The molecule has 60 valence electrons. The van der Waals surface area contributed by atoms with Crippen molar-refractivity contribution in [2.24, 2.45) is 5.92 Å². The van der Waals surface area contributed by atoms with Crippen molar-refractivity contribution in [1.82, 2.24) is 5.32 Å². The molecule has 3 heteroatoms. The lowest BCUT2D eigenvalue weighted by Gasteiger charge is -2.21. The molecule has 1 nitrogen and oxygen atoms in total. The number of halogens is 2. The highest BCUT2D eigenvalue weighted by molar-refractivity contribution is 4.69. The lowest BCUT2D eigenvalue weighted by atomic mass is 9.97. The van der Waals surface area contributed by atoms with E-state index in [4.69, 9.17) is 0 Å². The molecule has 0 aromatic heterocycles. The average Bonchev–Trinajstić information content (AvgIpc) is 1.88. The Morgan fingerprint density at radius 1 is 1.50 bits per heavy atom. The summed E-state index contributed by atoms with van der Waals surface area (Å²) in [5.41, 5.74) is 0. The van der Waals surface area contributed by atoms with Gasteiger partial charge in [-0.1, -0.05) is 0 Å². The van der Waals surface area contributed by atoms with Crippen molar-refractivity contribution in [3.8, 4) is 0 Å². The van der Waals surface area contributed by atoms with E-state index in [1.807, 2.05) is 0 Å². The summed E-state index contributed by atoms with van der Waals surface area (Å²) in [6.07, 6.45) is -0.0215. The van der Waals surface area contributed by atoms with E-state index < -0.39 is 6.43 Å². The first-order valence-electron chi connectivity index (χ1n) is 3.78. The molecule has 0 spiro atoms. The molecule has 0 aliphatic carbocycles. The van der Waals surface area contributed by atoms with Gasteiger partial charge in [0.2, 0.25) is 6.43 Å². The van der Waals surface area contributed by atoms with Crippen LogP contribution in [0.3, 0.4) is 0 Å². The molecule has 1 atom stereocenters. The summed E-state index contributed by atoms with van der Waals surface area (Å²) in [4.78, 5) is 0. The molecule has 1 saturated heterocycles. The Morgan fingerprint density at radius 2 is 2.30 bits per heavy atom. The first-order valence-corrected chi connectivity index (χ1v) is 3.78. The number of rotatable bonds is 2. The fourth-order valence-electron chi connectivity index (χ4n) is 1.38. The fourth-order valence-corrected chi connectivity index (χ4v) is 1.38. The van der Waals surface area contributed by atoms with Crippen LogP contribution >= 0.6 is 0 Å². The van der Waals surface area contributed by atoms with E-state index in [0.717, 1.165) is 25.9 Å². The summed E-state index contributed by atoms with van der Waals surface area (Å²) in [5, 5.41) is 3.11. The SMILES string of the molecule is FC(F)CC1CCCNC1. The van der Waals surface area contributed by atoms with Gasteiger partial charge in [0.05, 0.1) is 0 Å². The van der Waals surface area contributed by atoms with Gasteiger partial charge >= 0.3 is 0 Å². The van der Waals surface area contributed by atoms with Crippen LogP contribution in [0.1, 0.15) is 19.3 Å². The van der Waals surface area contributed by atoms with Crippen LogP contribution in [-0.2, 0) is 0 Å². The first-order chi connectivity index (χ1) is 4.79. The van der Waals surface area contributed by atoms with Crippen molar-refractivity contribution >= 4 is 0 Å². The van der Waals surface area contributed by atoms with E-state index in [1.54, 1.807) is 0 Å². The Morgan fingerprint density at radius 3 is 2.80 bits per heavy atom. The average molecular weight is 149 g/mol. The molecule has 1 heterocycles. The fraction of sp³-hybridized carbons (Fsp3) is 1.00. The molecule has 10 heavy (non-hydrogen) atoms. The molecule has 0 bridgehead atoms. The molecule has 1 rings (SSSR count). The maximum Gasteiger partial charge on any atom is 0.238 e. The van der Waals surface area contributed by atoms with Gasteiger partial charge in [-0.15, -0.1) is 0 Å². The normalized spacial score (nSPS) is 27.3. The van der Waals surface area contributed by atoms with Gasteiger partial charge in [0.15, 0.2) is 0 Å². The van der Waals surface area contributed by atoms with E-state index in [0.29, 0.717) is 0 Å². The monoisotopic (exact) mass is 149 g/mol. The van der Waals surface area contributed by atoms with E-state index in [1.165, 1.54) is 0 Å². The van der Waals surface area contributed by atoms with Crippen molar-refractivity contribution in [3.05, 3.63) is 0 Å². The second-order valence-corrected chi connectivity index (χ2v) is 2.84. The van der Waals surface area contributed by atoms with Crippen LogP contribution in [-0.4, -0.2) is 19.5 Å². The Bertz CT molecular complexity index is 89.6. The lowest BCUT2D eigenvalue weighted by Crippen LogP contribution is -2.30. The minimum atomic E-state index is -2.12. The maximum absolute atomic E-state index is 11.8. The van der Waals surface area contributed by atoms with E-state index in [9.17, 15) is 8.78 Å². The Kier molecular flexibility index (Phi) is 3.06. The number of hydrogen-bond acceptors (Lipinski definition) is 1. The predicted molar refractivity (Wildman–Crippen MR) is 36.2 cm³/mol. The van der Waals surface area contributed by atoms with Crippen LogP contribution < -0.4 is 5.32 Å². The van der Waals surface area contributed by atoms with Crippen LogP contribution in [0.2, 0.25) is 0 Å². The van der Waals surface area contributed by atoms with Crippen LogP contribution in [0, 0.1) is 5.92 Å². The highest BCUT2D eigenvalue weighted by Gasteiger charge is 2.16. The molecule has 1 aliphatic rings. The van der Waals surface area contributed by atoms with Gasteiger partial charge < -0.3 is 5.32 Å². The van der Waals surface area contributed by atoms with Crippen molar-refractivity contribution in [3.63, 3.8) is 0 Å². The van der Waals surface area contributed by atoms with Crippen LogP contribution in [0.5, 0.6) is 0 Å². The summed E-state index contributed by atoms with van der Waals surface area (Å²) in [6.45, 7) is 1.78. The van der Waals surface area contributed by atoms with Crippen LogP contribution in [0.25, 0.3) is 0 Å². The van der Waals surface area contributed by atoms with Crippen LogP contribution in [0.4, 0.5) is 8.78 Å². The predicted octanol–water partition coefficient (Wildman–Crippen LogP) is 1.64. The molecular formula is C7H13F2N. The molecule has 1 unspecified atom stereocenters. The third-order valence-electron chi connectivity index (χ3n) is 1.91. The molecule has 0 aromatic rings. The lowest BCUT2D eigenvalue weighted by molar-refractivity contribution is 0.107. The highest BCUT2D eigenvalue weighted by atomic mass is 19.3. The van der Waals surface area contributed by atoms with Gasteiger partial charge in [0.1, 0.15) is 0 Å². The number of hydrogen-bond donors (Lipinski definition) is 1. The molecule has 0 aromatic carbocycles. The molecular weight excluding hydrogens is 136 g/mol. The molecule has 1 fully saturated rings. The Hall–Kier alpha value is -0.180. The zero-order valence-electron chi connectivity index (χ0n) is 5.95. The maximum atomic E-state index is 11.8. The third kappa shape index (κ3) is 2.60. The molecule has 1 aliphatic heterocycles. The smallest absolute Gasteiger partial charge is 0.238 e. The molecule has 1 N–H and O–H groups in total. The quantitative estimate of drug-likeness (QED) is 0.629. The zero-order valence-corrected chi connectivity index (χ0v) is 5.95. The van der Waals surface area contributed by atoms with E-state index in [-0.39, 0.29) is 12.3 Å². The van der Waals surface area contributed by atoms with Gasteiger partial charge in [-0.2, -0.15) is 0 Å².